The lowest BCUT2D eigenvalue weighted by atomic mass is 10.1. The smallest absolute Gasteiger partial charge is 0.229 e. The van der Waals surface area contributed by atoms with Crippen molar-refractivity contribution in [2.45, 2.75) is 19.4 Å². The van der Waals surface area contributed by atoms with E-state index < -0.39 is 5.92 Å². The fourth-order valence-corrected chi connectivity index (χ4v) is 2.83. The van der Waals surface area contributed by atoms with Crippen LogP contribution in [0.5, 0.6) is 0 Å². The molecule has 0 spiro atoms. The van der Waals surface area contributed by atoms with Crippen molar-refractivity contribution in [2.24, 2.45) is 5.92 Å². The monoisotopic (exact) mass is 344 g/mol. The summed E-state index contributed by atoms with van der Waals surface area (Å²) >= 11 is 11.9. The van der Waals surface area contributed by atoms with Crippen molar-refractivity contribution in [3.05, 3.63) is 28.2 Å². The maximum absolute atomic E-state index is 12.3. The number of amides is 2. The summed E-state index contributed by atoms with van der Waals surface area (Å²) in [6, 6.07) is 4.80. The van der Waals surface area contributed by atoms with Crippen molar-refractivity contribution in [2.75, 3.05) is 25.6 Å². The van der Waals surface area contributed by atoms with Gasteiger partial charge in [0.15, 0.2) is 0 Å². The molecule has 1 aliphatic heterocycles. The van der Waals surface area contributed by atoms with Gasteiger partial charge in [-0.3, -0.25) is 9.59 Å². The number of anilines is 1. The van der Waals surface area contributed by atoms with E-state index in [2.05, 4.69) is 5.32 Å². The van der Waals surface area contributed by atoms with Crippen molar-refractivity contribution >= 4 is 40.7 Å². The molecule has 2 atom stereocenters. The van der Waals surface area contributed by atoms with Crippen molar-refractivity contribution in [1.29, 1.82) is 0 Å². The fraction of sp³-hybridized carbons (Fsp3) is 0.467. The average molecular weight is 345 g/mol. The van der Waals surface area contributed by atoms with Crippen LogP contribution in [0, 0.1) is 5.92 Å². The summed E-state index contributed by atoms with van der Waals surface area (Å²) < 4.78 is 5.06. The van der Waals surface area contributed by atoms with E-state index in [4.69, 9.17) is 27.9 Å². The molecule has 1 heterocycles. The van der Waals surface area contributed by atoms with Crippen molar-refractivity contribution in [3.8, 4) is 0 Å². The zero-order chi connectivity index (χ0) is 16.3. The molecule has 1 aromatic carbocycles. The predicted octanol–water partition coefficient (Wildman–Crippen LogP) is 2.82. The molecule has 2 amide bonds. The van der Waals surface area contributed by atoms with Crippen LogP contribution in [0.25, 0.3) is 0 Å². The Kier molecular flexibility index (Phi) is 5.67. The highest BCUT2D eigenvalue weighted by Gasteiger charge is 2.36. The van der Waals surface area contributed by atoms with E-state index in [1.807, 2.05) is 6.92 Å². The summed E-state index contributed by atoms with van der Waals surface area (Å²) in [7, 11) is 1.59. The summed E-state index contributed by atoms with van der Waals surface area (Å²) in [4.78, 5) is 26.0. The number of ether oxygens (including phenoxy) is 1. The number of halogens is 2. The second kappa shape index (κ2) is 7.31. The Bertz CT molecular complexity index is 580. The number of methoxy groups -OCH3 is 1. The molecular weight excluding hydrogens is 327 g/mol. The Hall–Kier alpha value is -1.30. The molecule has 120 valence electrons. The summed E-state index contributed by atoms with van der Waals surface area (Å²) in [6.07, 6.45) is 0.193. The maximum atomic E-state index is 12.3. The van der Waals surface area contributed by atoms with Crippen molar-refractivity contribution < 1.29 is 14.3 Å². The van der Waals surface area contributed by atoms with E-state index in [-0.39, 0.29) is 24.3 Å². The SMILES string of the molecule is COC[C@@H](C)N1C[C@@H](C(=O)Nc2cc(Cl)ccc2Cl)CC1=O. The van der Waals surface area contributed by atoms with Gasteiger partial charge < -0.3 is 15.0 Å². The number of rotatable bonds is 5. The third-order valence-corrected chi connectivity index (χ3v) is 4.22. The molecule has 0 bridgehead atoms. The first-order valence-electron chi connectivity index (χ1n) is 6.96. The van der Waals surface area contributed by atoms with E-state index in [0.717, 1.165) is 0 Å². The normalized spacial score (nSPS) is 19.4. The van der Waals surface area contributed by atoms with Gasteiger partial charge in [0.2, 0.25) is 11.8 Å². The molecule has 7 heteroatoms. The second-order valence-corrected chi connectivity index (χ2v) is 6.21. The topological polar surface area (TPSA) is 58.6 Å². The molecular formula is C15H18Cl2N2O3. The molecule has 1 fully saturated rings. The molecule has 0 radical (unpaired) electrons. The van der Waals surface area contributed by atoms with E-state index in [1.165, 1.54) is 0 Å². The van der Waals surface area contributed by atoms with Gasteiger partial charge in [0, 0.05) is 25.1 Å². The van der Waals surface area contributed by atoms with Crippen molar-refractivity contribution in [3.63, 3.8) is 0 Å². The third kappa shape index (κ3) is 3.91. The van der Waals surface area contributed by atoms with Gasteiger partial charge in [-0.25, -0.2) is 0 Å². The van der Waals surface area contributed by atoms with Gasteiger partial charge in [0.1, 0.15) is 0 Å². The number of carbonyl (C=O) groups excluding carboxylic acids is 2. The lowest BCUT2D eigenvalue weighted by Crippen LogP contribution is -2.38. The lowest BCUT2D eigenvalue weighted by Gasteiger charge is -2.23. The van der Waals surface area contributed by atoms with E-state index >= 15 is 0 Å². The molecule has 22 heavy (non-hydrogen) atoms. The Balaban J connectivity index is 2.02. The highest BCUT2D eigenvalue weighted by atomic mass is 35.5. The van der Waals surface area contributed by atoms with Gasteiger partial charge >= 0.3 is 0 Å². The highest BCUT2D eigenvalue weighted by Crippen LogP contribution is 2.27. The van der Waals surface area contributed by atoms with Crippen LogP contribution in [-0.4, -0.2) is 43.0 Å². The van der Waals surface area contributed by atoms with E-state index in [9.17, 15) is 9.59 Å². The van der Waals surface area contributed by atoms with Crippen LogP contribution >= 0.6 is 23.2 Å². The summed E-state index contributed by atoms with van der Waals surface area (Å²) in [6.45, 7) is 2.73. The number of hydrogen-bond donors (Lipinski definition) is 1. The highest BCUT2D eigenvalue weighted by molar-refractivity contribution is 6.35. The molecule has 0 aliphatic carbocycles. The second-order valence-electron chi connectivity index (χ2n) is 5.36. The minimum absolute atomic E-state index is 0.0399. The first-order chi connectivity index (χ1) is 10.4. The van der Waals surface area contributed by atoms with Gasteiger partial charge in [-0.05, 0) is 25.1 Å². The zero-order valence-corrected chi connectivity index (χ0v) is 13.9. The molecule has 2 rings (SSSR count). The Morgan fingerprint density at radius 3 is 2.91 bits per heavy atom. The number of carbonyl (C=O) groups is 2. The molecule has 1 saturated heterocycles. The Labute approximate surface area is 139 Å². The average Bonchev–Trinajstić information content (AvgIpc) is 2.85. The summed E-state index contributed by atoms with van der Waals surface area (Å²) in [5.74, 6) is -0.673. The standard InChI is InChI=1S/C15H18Cl2N2O3/c1-9(8-22-2)19-7-10(5-14(19)20)15(21)18-13-6-11(16)3-4-12(13)17/h3-4,6,9-10H,5,7-8H2,1-2H3,(H,18,21)/t9-,10+/m1/s1. The molecule has 0 saturated carbocycles. The minimum atomic E-state index is -0.401. The molecule has 0 unspecified atom stereocenters. The molecule has 1 aliphatic rings. The number of likely N-dealkylation sites (tertiary alicyclic amines) is 1. The largest absolute Gasteiger partial charge is 0.383 e. The van der Waals surface area contributed by atoms with Gasteiger partial charge in [-0.2, -0.15) is 0 Å². The first kappa shape index (κ1) is 17.1. The molecule has 1 aromatic rings. The number of benzene rings is 1. The van der Waals surface area contributed by atoms with Crippen LogP contribution in [0.1, 0.15) is 13.3 Å². The van der Waals surface area contributed by atoms with E-state index in [0.29, 0.717) is 28.9 Å². The Morgan fingerprint density at radius 1 is 1.50 bits per heavy atom. The van der Waals surface area contributed by atoms with Crippen molar-refractivity contribution in [1.82, 2.24) is 4.90 Å². The van der Waals surface area contributed by atoms with Crippen LogP contribution in [-0.2, 0) is 14.3 Å². The van der Waals surface area contributed by atoms with Crippen LogP contribution < -0.4 is 5.32 Å². The van der Waals surface area contributed by atoms with E-state index in [1.54, 1.807) is 30.2 Å². The predicted molar refractivity (Wildman–Crippen MR) is 86.2 cm³/mol. The molecule has 5 nitrogen and oxygen atoms in total. The Morgan fingerprint density at radius 2 is 2.23 bits per heavy atom. The number of nitrogens with one attached hydrogen (secondary N) is 1. The third-order valence-electron chi connectivity index (χ3n) is 3.66. The zero-order valence-electron chi connectivity index (χ0n) is 12.4. The quantitative estimate of drug-likeness (QED) is 0.893. The van der Waals surface area contributed by atoms with Gasteiger partial charge in [-0.15, -0.1) is 0 Å². The number of nitrogens with zero attached hydrogens (tertiary/aromatic N) is 1. The summed E-state index contributed by atoms with van der Waals surface area (Å²) in [5, 5.41) is 3.63. The lowest BCUT2D eigenvalue weighted by molar-refractivity contribution is -0.130. The van der Waals surface area contributed by atoms with Crippen LogP contribution in [0.3, 0.4) is 0 Å². The fourth-order valence-electron chi connectivity index (χ4n) is 2.49. The van der Waals surface area contributed by atoms with Crippen LogP contribution in [0.15, 0.2) is 18.2 Å². The van der Waals surface area contributed by atoms with Gasteiger partial charge in [-0.1, -0.05) is 23.2 Å². The van der Waals surface area contributed by atoms with Crippen LogP contribution in [0.2, 0.25) is 10.0 Å². The first-order valence-corrected chi connectivity index (χ1v) is 7.72. The van der Waals surface area contributed by atoms with Crippen LogP contribution in [0.4, 0.5) is 5.69 Å². The molecule has 0 aromatic heterocycles. The summed E-state index contributed by atoms with van der Waals surface area (Å²) in [5.41, 5.74) is 0.454. The minimum Gasteiger partial charge on any atom is -0.383 e. The maximum Gasteiger partial charge on any atom is 0.229 e. The number of hydrogen-bond acceptors (Lipinski definition) is 3. The van der Waals surface area contributed by atoms with Gasteiger partial charge in [0.25, 0.3) is 0 Å². The van der Waals surface area contributed by atoms with Gasteiger partial charge in [0.05, 0.1) is 29.3 Å². The molecule has 1 N–H and O–H groups in total.